The molecule has 192 valence electrons. The number of carbonyl (C=O) groups excluding carboxylic acids is 2. The number of ketones is 1. The van der Waals surface area contributed by atoms with Gasteiger partial charge >= 0.3 is 0 Å². The van der Waals surface area contributed by atoms with Gasteiger partial charge in [-0.25, -0.2) is 0 Å². The lowest BCUT2D eigenvalue weighted by molar-refractivity contribution is -0.384. The van der Waals surface area contributed by atoms with Gasteiger partial charge in [0.05, 0.1) is 23.6 Å². The molecular weight excluding hydrogens is 500 g/mol. The summed E-state index contributed by atoms with van der Waals surface area (Å²) in [4.78, 5) is 39.0. The predicted molar refractivity (Wildman–Crippen MR) is 145 cm³/mol. The standard InChI is InChI=1S/C30H20N2O7/c1-38-21-13-8-18(9-14-21)28(33)26-27(17-6-10-19(11-7-17)32(36)37)31(30(35)29(26)34)20-12-15-25-23(16-20)22-4-2-3-5-24(22)39-25/h2-16,27,33H,1H3/b28-26-. The fourth-order valence-corrected chi connectivity index (χ4v) is 4.96. The molecule has 9 nitrogen and oxygen atoms in total. The average molecular weight is 520 g/mol. The number of nitrogens with zero attached hydrogens (tertiary/aromatic N) is 2. The number of aliphatic hydroxyl groups is 1. The van der Waals surface area contributed by atoms with Crippen LogP contribution in [0.25, 0.3) is 27.7 Å². The van der Waals surface area contributed by atoms with E-state index in [1.54, 1.807) is 42.5 Å². The predicted octanol–water partition coefficient (Wildman–Crippen LogP) is 6.13. The Labute approximate surface area is 221 Å². The van der Waals surface area contributed by atoms with E-state index in [-0.39, 0.29) is 17.0 Å². The maximum absolute atomic E-state index is 13.5. The molecule has 0 aliphatic carbocycles. The molecule has 5 aromatic rings. The minimum Gasteiger partial charge on any atom is -0.507 e. The van der Waals surface area contributed by atoms with Crippen molar-refractivity contribution in [2.75, 3.05) is 12.0 Å². The molecule has 4 aromatic carbocycles. The molecule has 0 saturated carbocycles. The van der Waals surface area contributed by atoms with Crippen LogP contribution >= 0.6 is 0 Å². The molecule has 1 aromatic heterocycles. The van der Waals surface area contributed by atoms with Crippen LogP contribution in [-0.4, -0.2) is 28.8 Å². The minimum atomic E-state index is -1.04. The van der Waals surface area contributed by atoms with Gasteiger partial charge in [0, 0.05) is 34.2 Å². The van der Waals surface area contributed by atoms with Crippen molar-refractivity contribution in [2.24, 2.45) is 0 Å². The third kappa shape index (κ3) is 3.88. The fourth-order valence-electron chi connectivity index (χ4n) is 4.96. The summed E-state index contributed by atoms with van der Waals surface area (Å²) in [5.74, 6) is -1.51. The molecule has 0 bridgehead atoms. The molecule has 2 heterocycles. The van der Waals surface area contributed by atoms with E-state index in [0.29, 0.717) is 33.7 Å². The van der Waals surface area contributed by atoms with Gasteiger partial charge in [0.25, 0.3) is 17.4 Å². The molecule has 39 heavy (non-hydrogen) atoms. The molecule has 1 atom stereocenters. The second-order valence-electron chi connectivity index (χ2n) is 9.02. The number of hydrogen-bond donors (Lipinski definition) is 1. The summed E-state index contributed by atoms with van der Waals surface area (Å²) in [7, 11) is 1.51. The lowest BCUT2D eigenvalue weighted by Gasteiger charge is -2.25. The molecule has 1 unspecified atom stereocenters. The number of ether oxygens (including phenoxy) is 1. The molecule has 9 heteroatoms. The number of furan rings is 1. The number of Topliss-reactive ketones (excluding diaryl/α,β-unsaturated/α-hetero) is 1. The van der Waals surface area contributed by atoms with Crippen molar-refractivity contribution in [3.8, 4) is 5.75 Å². The number of nitro benzene ring substituents is 1. The monoisotopic (exact) mass is 520 g/mol. The molecule has 0 radical (unpaired) electrons. The van der Waals surface area contributed by atoms with Crippen molar-refractivity contribution >= 4 is 50.8 Å². The van der Waals surface area contributed by atoms with Gasteiger partial charge in [0.2, 0.25) is 0 Å². The molecule has 1 aliphatic heterocycles. The Bertz CT molecular complexity index is 1820. The van der Waals surface area contributed by atoms with Crippen molar-refractivity contribution in [3.63, 3.8) is 0 Å². The van der Waals surface area contributed by atoms with E-state index in [4.69, 9.17) is 9.15 Å². The van der Waals surface area contributed by atoms with Crippen LogP contribution in [0.5, 0.6) is 5.75 Å². The van der Waals surface area contributed by atoms with Gasteiger partial charge in [-0.15, -0.1) is 0 Å². The number of rotatable bonds is 5. The molecule has 6 rings (SSSR count). The number of non-ortho nitro benzene ring substituents is 1. The zero-order valence-electron chi connectivity index (χ0n) is 20.5. The highest BCUT2D eigenvalue weighted by Crippen LogP contribution is 2.44. The van der Waals surface area contributed by atoms with Gasteiger partial charge < -0.3 is 14.3 Å². The Balaban J connectivity index is 1.56. The smallest absolute Gasteiger partial charge is 0.300 e. The Kier molecular flexibility index (Phi) is 5.61. The highest BCUT2D eigenvalue weighted by molar-refractivity contribution is 6.51. The van der Waals surface area contributed by atoms with Crippen LogP contribution in [0.15, 0.2) is 101 Å². The summed E-state index contributed by atoms with van der Waals surface area (Å²) in [6, 6.07) is 23.6. The first kappa shape index (κ1) is 23.9. The molecule has 1 amide bonds. The lowest BCUT2D eigenvalue weighted by Crippen LogP contribution is -2.29. The summed E-state index contributed by atoms with van der Waals surface area (Å²) in [5.41, 5.74) is 2.17. The summed E-state index contributed by atoms with van der Waals surface area (Å²) in [6.07, 6.45) is 0. The van der Waals surface area contributed by atoms with Gasteiger partial charge in [-0.05, 0) is 66.2 Å². The maximum atomic E-state index is 13.5. The lowest BCUT2D eigenvalue weighted by atomic mass is 9.95. The van der Waals surface area contributed by atoms with E-state index >= 15 is 0 Å². The summed E-state index contributed by atoms with van der Waals surface area (Å²) >= 11 is 0. The first-order valence-corrected chi connectivity index (χ1v) is 12.0. The molecule has 0 spiro atoms. The minimum absolute atomic E-state index is 0.129. The van der Waals surface area contributed by atoms with Gasteiger partial charge in [0.15, 0.2) is 0 Å². The summed E-state index contributed by atoms with van der Waals surface area (Å²) < 4.78 is 11.1. The Morgan fingerprint density at radius 2 is 1.62 bits per heavy atom. The van der Waals surface area contributed by atoms with Gasteiger partial charge in [-0.2, -0.15) is 0 Å². The Morgan fingerprint density at radius 3 is 2.31 bits per heavy atom. The van der Waals surface area contributed by atoms with Gasteiger partial charge in [0.1, 0.15) is 22.7 Å². The average Bonchev–Trinajstić information content (AvgIpc) is 3.46. The number of nitro groups is 1. The maximum Gasteiger partial charge on any atom is 0.300 e. The highest BCUT2D eigenvalue weighted by Gasteiger charge is 2.47. The number of fused-ring (bicyclic) bond motifs is 3. The van der Waals surface area contributed by atoms with E-state index < -0.39 is 22.7 Å². The van der Waals surface area contributed by atoms with Crippen molar-refractivity contribution in [3.05, 3.63) is 118 Å². The zero-order chi connectivity index (χ0) is 27.3. The fraction of sp³-hybridized carbons (Fsp3) is 0.0667. The third-order valence-electron chi connectivity index (χ3n) is 6.87. The first-order chi connectivity index (χ1) is 18.9. The van der Waals surface area contributed by atoms with E-state index in [1.807, 2.05) is 24.3 Å². The number of amides is 1. The van der Waals surface area contributed by atoms with Gasteiger partial charge in [-0.3, -0.25) is 24.6 Å². The van der Waals surface area contributed by atoms with Crippen LogP contribution in [0.2, 0.25) is 0 Å². The summed E-state index contributed by atoms with van der Waals surface area (Å²) in [6.45, 7) is 0. The molecule has 1 saturated heterocycles. The molecule has 1 fully saturated rings. The van der Waals surface area contributed by atoms with E-state index in [9.17, 15) is 24.8 Å². The van der Waals surface area contributed by atoms with Crippen LogP contribution in [0.3, 0.4) is 0 Å². The second-order valence-corrected chi connectivity index (χ2v) is 9.02. The molecular formula is C30H20N2O7. The van der Waals surface area contributed by atoms with Gasteiger partial charge in [-0.1, -0.05) is 18.2 Å². The van der Waals surface area contributed by atoms with E-state index in [1.165, 1.54) is 36.3 Å². The second kappa shape index (κ2) is 9.14. The van der Waals surface area contributed by atoms with E-state index in [2.05, 4.69) is 0 Å². The number of aliphatic hydroxyl groups excluding tert-OH is 1. The quantitative estimate of drug-likeness (QED) is 0.0972. The van der Waals surface area contributed by atoms with Crippen LogP contribution in [-0.2, 0) is 9.59 Å². The Hall–Kier alpha value is -5.44. The zero-order valence-corrected chi connectivity index (χ0v) is 20.5. The largest absolute Gasteiger partial charge is 0.507 e. The SMILES string of the molecule is COc1ccc(/C(O)=C2/C(=O)C(=O)N(c3ccc4oc5ccccc5c4c3)C2c2ccc([N+](=O)[O-])cc2)cc1. The van der Waals surface area contributed by atoms with Crippen LogP contribution < -0.4 is 9.64 Å². The topological polar surface area (TPSA) is 123 Å². The van der Waals surface area contributed by atoms with Crippen LogP contribution in [0, 0.1) is 10.1 Å². The number of carbonyl (C=O) groups is 2. The van der Waals surface area contributed by atoms with Crippen molar-refractivity contribution in [1.82, 2.24) is 0 Å². The molecule has 1 N–H and O–H groups in total. The van der Waals surface area contributed by atoms with Crippen LogP contribution in [0.1, 0.15) is 17.2 Å². The number of anilines is 1. The Morgan fingerprint density at radius 1 is 0.923 bits per heavy atom. The van der Waals surface area contributed by atoms with Crippen LogP contribution in [0.4, 0.5) is 11.4 Å². The molecule has 1 aliphatic rings. The van der Waals surface area contributed by atoms with E-state index in [0.717, 1.165) is 10.8 Å². The third-order valence-corrected chi connectivity index (χ3v) is 6.87. The van der Waals surface area contributed by atoms with Crippen molar-refractivity contribution in [1.29, 1.82) is 0 Å². The van der Waals surface area contributed by atoms with Crippen molar-refractivity contribution < 1.29 is 28.8 Å². The van der Waals surface area contributed by atoms with Crippen molar-refractivity contribution in [2.45, 2.75) is 6.04 Å². The first-order valence-electron chi connectivity index (χ1n) is 12.0. The number of para-hydroxylation sites is 1. The summed E-state index contributed by atoms with van der Waals surface area (Å²) in [5, 5.41) is 24.2. The number of benzene rings is 4. The number of hydrogen-bond acceptors (Lipinski definition) is 7. The normalized spacial score (nSPS) is 16.7. The number of methoxy groups -OCH3 is 1. The highest BCUT2D eigenvalue weighted by atomic mass is 16.6.